The van der Waals surface area contributed by atoms with Crippen molar-refractivity contribution in [2.24, 2.45) is 0 Å². The van der Waals surface area contributed by atoms with Crippen LogP contribution in [0, 0.1) is 30.2 Å². The number of carbonyl (C=O) groups excluding carboxylic acids is 2. The van der Waals surface area contributed by atoms with Crippen LogP contribution >= 0.6 is 0 Å². The summed E-state index contributed by atoms with van der Waals surface area (Å²) in [6, 6.07) is 1.62. The third kappa shape index (κ3) is 4.96. The van der Waals surface area contributed by atoms with E-state index in [-0.39, 0.29) is 17.2 Å². The summed E-state index contributed by atoms with van der Waals surface area (Å²) in [4.78, 5) is 30.1. The van der Waals surface area contributed by atoms with E-state index in [1.165, 1.54) is 6.92 Å². The summed E-state index contributed by atoms with van der Waals surface area (Å²) < 4.78 is 113. The number of nitrogens with zero attached hydrogens (tertiary/aromatic N) is 4. The van der Waals surface area contributed by atoms with E-state index in [1.54, 1.807) is 0 Å². The molecule has 1 saturated heterocycles. The Morgan fingerprint density at radius 2 is 1.64 bits per heavy atom. The van der Waals surface area contributed by atoms with Gasteiger partial charge in [0.1, 0.15) is 29.7 Å². The van der Waals surface area contributed by atoms with Crippen molar-refractivity contribution < 1.29 is 44.7 Å². The lowest BCUT2D eigenvalue weighted by Gasteiger charge is -2.18. The van der Waals surface area contributed by atoms with Crippen LogP contribution in [0.25, 0.3) is 16.8 Å². The first-order chi connectivity index (χ1) is 19.7. The summed E-state index contributed by atoms with van der Waals surface area (Å²) in [6.45, 7) is 0.238. The predicted molar refractivity (Wildman–Crippen MR) is 131 cm³/mol. The summed E-state index contributed by atoms with van der Waals surface area (Å²) in [6.07, 6.45) is -5.91. The molecule has 0 bridgehead atoms. The Bertz CT molecular complexity index is 1760. The van der Waals surface area contributed by atoms with E-state index in [0.717, 1.165) is 27.9 Å². The molecule has 8 nitrogen and oxygen atoms in total. The Labute approximate surface area is 230 Å². The maximum Gasteiger partial charge on any atom is 0.418 e. The van der Waals surface area contributed by atoms with Gasteiger partial charge in [-0.2, -0.15) is 18.3 Å². The molecule has 1 fully saturated rings. The zero-order valence-electron chi connectivity index (χ0n) is 21.2. The number of hydrogen-bond donors (Lipinski definition) is 2. The first kappa shape index (κ1) is 28.8. The molecule has 3 N–H and O–H groups in total. The molecule has 42 heavy (non-hydrogen) atoms. The molecule has 0 aliphatic carbocycles. The van der Waals surface area contributed by atoms with E-state index in [0.29, 0.717) is 12.1 Å². The molecule has 16 heteroatoms. The predicted octanol–water partition coefficient (Wildman–Crippen LogP) is 4.45. The number of alkyl halides is 4. The fourth-order valence-corrected chi connectivity index (χ4v) is 4.76. The third-order valence-electron chi connectivity index (χ3n) is 6.82. The normalized spacial score (nSPS) is 17.2. The Kier molecular flexibility index (Phi) is 7.02. The van der Waals surface area contributed by atoms with E-state index in [2.05, 4.69) is 15.4 Å². The van der Waals surface area contributed by atoms with Gasteiger partial charge >= 0.3 is 6.18 Å². The average Bonchev–Trinajstić information content (AvgIpc) is 3.47. The van der Waals surface area contributed by atoms with Gasteiger partial charge in [0, 0.05) is 23.7 Å². The number of aryl methyl sites for hydroxylation is 1. The minimum Gasteiger partial charge on any atom is -0.382 e. The summed E-state index contributed by atoms with van der Waals surface area (Å²) in [5.74, 6) is -8.00. The van der Waals surface area contributed by atoms with Crippen LogP contribution in [0.5, 0.6) is 0 Å². The molecule has 0 radical (unpaired) electrons. The van der Waals surface area contributed by atoms with E-state index < -0.39 is 100 Å². The van der Waals surface area contributed by atoms with Gasteiger partial charge in [0.25, 0.3) is 11.8 Å². The second-order valence-corrected chi connectivity index (χ2v) is 9.55. The Morgan fingerprint density at radius 3 is 2.33 bits per heavy atom. The number of amides is 2. The third-order valence-corrected chi connectivity index (χ3v) is 6.82. The smallest absolute Gasteiger partial charge is 0.382 e. The highest BCUT2D eigenvalue weighted by Crippen LogP contribution is 2.39. The van der Waals surface area contributed by atoms with Crippen LogP contribution in [-0.4, -0.2) is 56.6 Å². The molecular weight excluding hydrogens is 580 g/mol. The van der Waals surface area contributed by atoms with Gasteiger partial charge in [0.2, 0.25) is 0 Å². The van der Waals surface area contributed by atoms with Gasteiger partial charge in [0.05, 0.1) is 29.4 Å². The molecule has 0 saturated carbocycles. The minimum absolute atomic E-state index is 0.0463. The topological polar surface area (TPSA) is 106 Å². The SMILES string of the molecule is Cc1cc(F)c(-c2cc(C(F)(F)F)c3c(N)ncnn23)cc1C(=O)N[C@@H]1CN(C(=O)c2cc(F)c(F)cc2F)C[C@@H]1F. The van der Waals surface area contributed by atoms with Crippen LogP contribution in [0.15, 0.2) is 36.7 Å². The van der Waals surface area contributed by atoms with Crippen LogP contribution in [0.2, 0.25) is 0 Å². The Morgan fingerprint density at radius 1 is 0.952 bits per heavy atom. The van der Waals surface area contributed by atoms with Crippen molar-refractivity contribution in [3.05, 3.63) is 82.2 Å². The van der Waals surface area contributed by atoms with Crippen molar-refractivity contribution in [1.82, 2.24) is 24.8 Å². The number of nitrogens with two attached hydrogens (primary N) is 1. The number of nitrogen functional groups attached to an aromatic ring is 1. The quantitative estimate of drug-likeness (QED) is 0.267. The molecule has 1 aliphatic heterocycles. The van der Waals surface area contributed by atoms with Crippen LogP contribution in [0.4, 0.5) is 40.9 Å². The van der Waals surface area contributed by atoms with Crippen molar-refractivity contribution >= 4 is 23.1 Å². The van der Waals surface area contributed by atoms with Crippen LogP contribution in [0.1, 0.15) is 31.8 Å². The maximum atomic E-state index is 15.1. The second kappa shape index (κ2) is 10.3. The molecule has 2 aromatic carbocycles. The van der Waals surface area contributed by atoms with Gasteiger partial charge in [-0.05, 0) is 36.8 Å². The fraction of sp³-hybridized carbons (Fsp3) is 0.231. The molecule has 4 aromatic rings. The second-order valence-electron chi connectivity index (χ2n) is 9.55. The van der Waals surface area contributed by atoms with E-state index in [1.807, 2.05) is 0 Å². The van der Waals surface area contributed by atoms with Crippen molar-refractivity contribution in [3.8, 4) is 11.3 Å². The molecule has 2 amide bonds. The minimum atomic E-state index is -4.91. The standard InChI is InChI=1S/C26H18F8N6O2/c1-10-2-15(27)12(21-5-14(26(32,33)34)22-23(35)36-9-37-40(21)22)3-11(10)24(41)38-20-8-39(7-19(20)31)25(42)13-4-17(29)18(30)6-16(13)28/h2-6,9,19-20H,7-8H2,1H3,(H,38,41)(H2,35,36,37)/t19-,20+/m0/s1. The van der Waals surface area contributed by atoms with Gasteiger partial charge in [-0.25, -0.2) is 31.5 Å². The van der Waals surface area contributed by atoms with Crippen molar-refractivity contribution in [1.29, 1.82) is 0 Å². The first-order valence-corrected chi connectivity index (χ1v) is 12.1. The highest BCUT2D eigenvalue weighted by atomic mass is 19.4. The summed E-state index contributed by atoms with van der Waals surface area (Å²) in [5, 5.41) is 6.09. The zero-order valence-corrected chi connectivity index (χ0v) is 21.2. The molecular formula is C26H18F8N6O2. The first-order valence-electron chi connectivity index (χ1n) is 12.1. The Hall–Kier alpha value is -4.76. The van der Waals surface area contributed by atoms with E-state index >= 15 is 4.39 Å². The largest absolute Gasteiger partial charge is 0.418 e. The van der Waals surface area contributed by atoms with Crippen molar-refractivity contribution in [3.63, 3.8) is 0 Å². The lowest BCUT2D eigenvalue weighted by Crippen LogP contribution is -2.42. The van der Waals surface area contributed by atoms with Crippen LogP contribution in [-0.2, 0) is 6.18 Å². The van der Waals surface area contributed by atoms with Gasteiger partial charge < -0.3 is 16.0 Å². The number of aromatic nitrogens is 3. The molecule has 220 valence electrons. The lowest BCUT2D eigenvalue weighted by molar-refractivity contribution is -0.136. The highest BCUT2D eigenvalue weighted by molar-refractivity contribution is 5.98. The number of benzene rings is 2. The number of fused-ring (bicyclic) bond motifs is 1. The number of nitrogens with one attached hydrogen (secondary N) is 1. The zero-order chi connectivity index (χ0) is 30.7. The van der Waals surface area contributed by atoms with E-state index in [4.69, 9.17) is 5.73 Å². The van der Waals surface area contributed by atoms with Gasteiger partial charge in [-0.15, -0.1) is 0 Å². The molecule has 2 aromatic heterocycles. The number of rotatable bonds is 4. The maximum absolute atomic E-state index is 15.1. The fourth-order valence-electron chi connectivity index (χ4n) is 4.76. The number of carbonyl (C=O) groups is 2. The molecule has 1 aliphatic rings. The van der Waals surface area contributed by atoms with Crippen LogP contribution in [0.3, 0.4) is 0 Å². The molecule has 0 unspecified atom stereocenters. The van der Waals surface area contributed by atoms with Gasteiger partial charge in [-0.3, -0.25) is 9.59 Å². The number of likely N-dealkylation sites (tertiary alicyclic amines) is 1. The molecule has 0 spiro atoms. The summed E-state index contributed by atoms with van der Waals surface area (Å²) >= 11 is 0. The molecule has 2 atom stereocenters. The number of anilines is 1. The highest BCUT2D eigenvalue weighted by Gasteiger charge is 2.39. The van der Waals surface area contributed by atoms with E-state index in [9.17, 15) is 40.3 Å². The number of halogens is 8. The lowest BCUT2D eigenvalue weighted by atomic mass is 10.0. The van der Waals surface area contributed by atoms with Gasteiger partial charge in [0.15, 0.2) is 17.5 Å². The Balaban J connectivity index is 1.44. The van der Waals surface area contributed by atoms with Crippen molar-refractivity contribution in [2.45, 2.75) is 25.3 Å². The molecule has 5 rings (SSSR count). The summed E-state index contributed by atoms with van der Waals surface area (Å²) in [5.41, 5.74) is 1.89. The average molecular weight is 598 g/mol. The molecule has 3 heterocycles. The van der Waals surface area contributed by atoms with Gasteiger partial charge in [-0.1, -0.05) is 0 Å². The summed E-state index contributed by atoms with van der Waals surface area (Å²) in [7, 11) is 0. The monoisotopic (exact) mass is 598 g/mol. The van der Waals surface area contributed by atoms with Crippen molar-refractivity contribution in [2.75, 3.05) is 18.8 Å². The number of hydrogen-bond acceptors (Lipinski definition) is 5. The van der Waals surface area contributed by atoms with Crippen LogP contribution < -0.4 is 11.1 Å².